The van der Waals surface area contributed by atoms with Gasteiger partial charge in [-0.05, 0) is 25.5 Å². The molecule has 0 saturated carbocycles. The number of carbonyl (C=O) groups is 1. The van der Waals surface area contributed by atoms with Crippen molar-refractivity contribution in [1.82, 2.24) is 19.4 Å². The number of hydrogen-bond acceptors (Lipinski definition) is 6. The number of hydrogen-bond donors (Lipinski definition) is 2. The number of amides is 1. The Kier molecular flexibility index (Phi) is 3.52. The Morgan fingerprint density at radius 1 is 1.15 bits per heavy atom. The first-order valence-corrected chi connectivity index (χ1v) is 8.84. The van der Waals surface area contributed by atoms with E-state index in [4.69, 9.17) is 0 Å². The second kappa shape index (κ2) is 5.53. The third-order valence-corrected chi connectivity index (χ3v) is 5.62. The molecule has 26 heavy (non-hydrogen) atoms. The van der Waals surface area contributed by atoms with Crippen molar-refractivity contribution < 1.29 is 4.79 Å². The largest absolute Gasteiger partial charge is 0.359 e. The average Bonchev–Trinajstić information content (AvgIpc) is 2.95. The molecule has 0 bridgehead atoms. The molecule has 4 heterocycles. The molecule has 8 nitrogen and oxygen atoms in total. The van der Waals surface area contributed by atoms with Gasteiger partial charge in [-0.25, -0.2) is 9.78 Å². The summed E-state index contributed by atoms with van der Waals surface area (Å²) >= 11 is 1.32. The fourth-order valence-corrected chi connectivity index (χ4v) is 4.47. The Bertz CT molecular complexity index is 1200. The number of pyridine rings is 1. The second-order valence-corrected chi connectivity index (χ2v) is 7.46. The summed E-state index contributed by atoms with van der Waals surface area (Å²) in [5.41, 5.74) is 2.01. The molecule has 0 radical (unpaired) electrons. The molecule has 4 rings (SSSR count). The Morgan fingerprint density at radius 2 is 1.88 bits per heavy atom. The summed E-state index contributed by atoms with van der Waals surface area (Å²) in [6, 6.07) is 1.96. The van der Waals surface area contributed by atoms with E-state index in [0.29, 0.717) is 16.1 Å². The third kappa shape index (κ3) is 2.27. The van der Waals surface area contributed by atoms with Gasteiger partial charge in [-0.2, -0.15) is 0 Å². The number of carbonyl (C=O) groups excluding carboxylic acids is 1. The molecule has 0 spiro atoms. The molecule has 1 aliphatic heterocycles. The van der Waals surface area contributed by atoms with Crippen molar-refractivity contribution in [3.63, 3.8) is 0 Å². The topological polar surface area (TPSA) is 98.0 Å². The van der Waals surface area contributed by atoms with Gasteiger partial charge in [0.05, 0.1) is 11.3 Å². The van der Waals surface area contributed by atoms with Crippen molar-refractivity contribution in [2.45, 2.75) is 20.0 Å². The van der Waals surface area contributed by atoms with Crippen LogP contribution in [0.25, 0.3) is 10.2 Å². The minimum Gasteiger partial charge on any atom is -0.359 e. The monoisotopic (exact) mass is 371 g/mol. The Hall–Kier alpha value is -2.94. The van der Waals surface area contributed by atoms with Crippen molar-refractivity contribution in [2.24, 2.45) is 14.1 Å². The minimum atomic E-state index is -0.723. The van der Waals surface area contributed by atoms with Crippen LogP contribution in [0.2, 0.25) is 0 Å². The fraction of sp³-hybridized carbons (Fsp3) is 0.294. The summed E-state index contributed by atoms with van der Waals surface area (Å²) in [7, 11) is 2.99. The van der Waals surface area contributed by atoms with E-state index in [2.05, 4.69) is 15.6 Å². The van der Waals surface area contributed by atoms with Gasteiger partial charge < -0.3 is 15.2 Å². The summed E-state index contributed by atoms with van der Waals surface area (Å²) in [6.45, 7) is 3.88. The molecular weight excluding hydrogens is 354 g/mol. The lowest BCUT2D eigenvalue weighted by Crippen LogP contribution is -2.45. The van der Waals surface area contributed by atoms with Crippen molar-refractivity contribution in [1.29, 1.82) is 0 Å². The lowest BCUT2D eigenvalue weighted by Gasteiger charge is -2.26. The summed E-state index contributed by atoms with van der Waals surface area (Å²) in [5, 5.41) is 6.94. The van der Waals surface area contributed by atoms with Gasteiger partial charge in [-0.3, -0.25) is 14.2 Å². The van der Waals surface area contributed by atoms with Crippen LogP contribution in [0.5, 0.6) is 0 Å². The normalized spacial score (nSPS) is 16.3. The maximum atomic E-state index is 12.6. The number of nitrogens with zero attached hydrogens (tertiary/aromatic N) is 3. The number of anilines is 1. The maximum absolute atomic E-state index is 12.6. The van der Waals surface area contributed by atoms with Gasteiger partial charge in [0.25, 0.3) is 11.5 Å². The highest BCUT2D eigenvalue weighted by Gasteiger charge is 2.31. The lowest BCUT2D eigenvalue weighted by atomic mass is 10.1. The van der Waals surface area contributed by atoms with Crippen molar-refractivity contribution in [2.75, 3.05) is 5.32 Å². The van der Waals surface area contributed by atoms with E-state index < -0.39 is 17.4 Å². The molecular formula is C17H17N5O3S. The highest BCUT2D eigenvalue weighted by atomic mass is 32.1. The Morgan fingerprint density at radius 3 is 2.62 bits per heavy atom. The molecule has 3 aromatic heterocycles. The predicted molar refractivity (Wildman–Crippen MR) is 99.8 cm³/mol. The molecule has 0 fully saturated rings. The van der Waals surface area contributed by atoms with Gasteiger partial charge in [0.2, 0.25) is 0 Å². The average molecular weight is 371 g/mol. The van der Waals surface area contributed by atoms with Crippen LogP contribution < -0.4 is 21.9 Å². The van der Waals surface area contributed by atoms with E-state index in [1.165, 1.54) is 29.1 Å². The van der Waals surface area contributed by atoms with Crippen molar-refractivity contribution >= 4 is 33.1 Å². The zero-order valence-corrected chi connectivity index (χ0v) is 15.5. The number of fused-ring (bicyclic) bond motifs is 3. The molecule has 0 aliphatic carbocycles. The predicted octanol–water partition coefficient (Wildman–Crippen LogP) is 1.16. The SMILES string of the molecule is Cc1cc(C)c2c3c(sc2n1)C(=O)NC(c1cn(C)c(=O)n(C)c1=O)N3. The first kappa shape index (κ1) is 16.5. The third-order valence-electron chi connectivity index (χ3n) is 4.54. The Labute approximate surface area is 152 Å². The van der Waals surface area contributed by atoms with Crippen LogP contribution in [0.1, 0.15) is 32.7 Å². The van der Waals surface area contributed by atoms with Crippen LogP contribution in [0.15, 0.2) is 21.9 Å². The summed E-state index contributed by atoms with van der Waals surface area (Å²) in [4.78, 5) is 42.9. The molecule has 0 saturated heterocycles. The zero-order chi connectivity index (χ0) is 18.7. The highest BCUT2D eigenvalue weighted by Crippen LogP contribution is 2.40. The molecule has 1 unspecified atom stereocenters. The first-order chi connectivity index (χ1) is 12.3. The van der Waals surface area contributed by atoms with Gasteiger partial charge in [0.1, 0.15) is 15.9 Å². The van der Waals surface area contributed by atoms with Crippen molar-refractivity contribution in [3.05, 3.63) is 54.8 Å². The standard InChI is InChI=1S/C17H17N5O3S/c1-7-5-8(2)18-15-10(7)11-12(26-15)14(23)20-13(19-11)9-6-21(3)17(25)22(4)16(9)24/h5-6,13,19H,1-4H3,(H,20,23). The molecule has 1 amide bonds. The lowest BCUT2D eigenvalue weighted by molar-refractivity contribution is 0.0939. The fourth-order valence-electron chi connectivity index (χ4n) is 3.31. The van der Waals surface area contributed by atoms with Crippen LogP contribution in [0.4, 0.5) is 5.69 Å². The molecule has 2 N–H and O–H groups in total. The highest BCUT2D eigenvalue weighted by molar-refractivity contribution is 7.21. The second-order valence-electron chi connectivity index (χ2n) is 6.46. The number of rotatable bonds is 1. The molecule has 3 aromatic rings. The van der Waals surface area contributed by atoms with E-state index in [1.807, 2.05) is 19.9 Å². The van der Waals surface area contributed by atoms with Crippen LogP contribution in [-0.4, -0.2) is 20.0 Å². The number of thiophene rings is 1. The van der Waals surface area contributed by atoms with Gasteiger partial charge in [-0.1, -0.05) is 0 Å². The van der Waals surface area contributed by atoms with Gasteiger partial charge in [0.15, 0.2) is 0 Å². The van der Waals surface area contributed by atoms with Crippen LogP contribution in [0.3, 0.4) is 0 Å². The first-order valence-electron chi connectivity index (χ1n) is 8.02. The van der Waals surface area contributed by atoms with Gasteiger partial charge in [0, 0.05) is 31.4 Å². The summed E-state index contributed by atoms with van der Waals surface area (Å²) in [5.74, 6) is -0.264. The van der Waals surface area contributed by atoms with E-state index in [0.717, 1.165) is 26.0 Å². The number of aryl methyl sites for hydroxylation is 3. The molecule has 134 valence electrons. The van der Waals surface area contributed by atoms with E-state index in [9.17, 15) is 14.4 Å². The Balaban J connectivity index is 1.91. The van der Waals surface area contributed by atoms with Gasteiger partial charge >= 0.3 is 5.69 Å². The smallest absolute Gasteiger partial charge is 0.330 e. The van der Waals surface area contributed by atoms with Crippen LogP contribution >= 0.6 is 11.3 Å². The molecule has 0 aromatic carbocycles. The molecule has 9 heteroatoms. The van der Waals surface area contributed by atoms with Crippen LogP contribution in [0, 0.1) is 13.8 Å². The van der Waals surface area contributed by atoms with E-state index >= 15 is 0 Å². The van der Waals surface area contributed by atoms with E-state index in [-0.39, 0.29) is 5.91 Å². The number of aromatic nitrogens is 3. The number of nitrogens with one attached hydrogen (secondary N) is 2. The zero-order valence-electron chi connectivity index (χ0n) is 14.7. The van der Waals surface area contributed by atoms with Gasteiger partial charge in [-0.15, -0.1) is 11.3 Å². The summed E-state index contributed by atoms with van der Waals surface area (Å²) < 4.78 is 2.35. The van der Waals surface area contributed by atoms with E-state index in [1.54, 1.807) is 7.05 Å². The molecule has 1 atom stereocenters. The minimum absolute atomic E-state index is 0.264. The quantitative estimate of drug-likeness (QED) is 0.669. The maximum Gasteiger partial charge on any atom is 0.330 e. The summed E-state index contributed by atoms with van der Waals surface area (Å²) in [6.07, 6.45) is 0.733. The van der Waals surface area contributed by atoms with Crippen LogP contribution in [-0.2, 0) is 14.1 Å². The molecule has 1 aliphatic rings. The van der Waals surface area contributed by atoms with Crippen molar-refractivity contribution in [3.8, 4) is 0 Å².